The number of ether oxygens (including phenoxy) is 2. The van der Waals surface area contributed by atoms with E-state index >= 15 is 0 Å². The van der Waals surface area contributed by atoms with E-state index in [0.717, 1.165) is 13.1 Å². The maximum Gasteiger partial charge on any atom is 0.232 e. The molecule has 9 heteroatoms. The first kappa shape index (κ1) is 15.7. The Morgan fingerprint density at radius 3 is 2.62 bits per heavy atom. The van der Waals surface area contributed by atoms with Gasteiger partial charge >= 0.3 is 0 Å². The number of morpholine rings is 1. The Kier molecular flexibility index (Phi) is 5.90. The molecule has 1 unspecified atom stereocenters. The van der Waals surface area contributed by atoms with Gasteiger partial charge in [0.25, 0.3) is 0 Å². The fourth-order valence-electron chi connectivity index (χ4n) is 1.97. The number of rotatable bonds is 7. The van der Waals surface area contributed by atoms with Gasteiger partial charge in [0.2, 0.25) is 17.8 Å². The maximum atomic E-state index is 9.31. The second-order valence-corrected chi connectivity index (χ2v) is 4.61. The zero-order chi connectivity index (χ0) is 15.1. The number of nitrogens with one attached hydrogen (secondary N) is 2. The van der Waals surface area contributed by atoms with Gasteiger partial charge in [0.1, 0.15) is 0 Å². The van der Waals surface area contributed by atoms with E-state index in [1.165, 1.54) is 0 Å². The third-order valence-electron chi connectivity index (χ3n) is 3.06. The second kappa shape index (κ2) is 7.91. The van der Waals surface area contributed by atoms with Crippen LogP contribution in [0.15, 0.2) is 0 Å². The smallest absolute Gasteiger partial charge is 0.232 e. The average Bonchev–Trinajstić information content (AvgIpc) is 2.55. The molecule has 1 aliphatic heterocycles. The van der Waals surface area contributed by atoms with Gasteiger partial charge in [-0.3, -0.25) is 0 Å². The van der Waals surface area contributed by atoms with Crippen LogP contribution in [0.2, 0.25) is 0 Å². The van der Waals surface area contributed by atoms with Crippen LogP contribution in [0.4, 0.5) is 17.8 Å². The fraction of sp³-hybridized carbons (Fsp3) is 0.750. The molecule has 118 valence electrons. The van der Waals surface area contributed by atoms with Crippen molar-refractivity contribution in [3.8, 4) is 0 Å². The second-order valence-electron chi connectivity index (χ2n) is 4.61. The zero-order valence-electron chi connectivity index (χ0n) is 12.4. The lowest BCUT2D eigenvalue weighted by Crippen LogP contribution is -2.38. The predicted octanol–water partition coefficient (Wildman–Crippen LogP) is -0.831. The molecule has 3 N–H and O–H groups in total. The molecule has 0 radical (unpaired) electrons. The first-order valence-electron chi connectivity index (χ1n) is 6.89. The molecular weight excluding hydrogens is 276 g/mol. The van der Waals surface area contributed by atoms with Crippen molar-refractivity contribution >= 4 is 17.8 Å². The maximum absolute atomic E-state index is 9.31. The minimum absolute atomic E-state index is 0.0682. The van der Waals surface area contributed by atoms with Crippen LogP contribution < -0.4 is 15.5 Å². The zero-order valence-corrected chi connectivity index (χ0v) is 12.4. The van der Waals surface area contributed by atoms with Crippen LogP contribution in [0.3, 0.4) is 0 Å². The summed E-state index contributed by atoms with van der Waals surface area (Å²) in [4.78, 5) is 15.1. The molecule has 21 heavy (non-hydrogen) atoms. The van der Waals surface area contributed by atoms with Gasteiger partial charge in [0.05, 0.1) is 32.5 Å². The fourth-order valence-corrected chi connectivity index (χ4v) is 1.97. The molecular formula is C12H22N6O3. The predicted molar refractivity (Wildman–Crippen MR) is 78.8 cm³/mol. The van der Waals surface area contributed by atoms with Gasteiger partial charge in [0, 0.05) is 27.2 Å². The minimum atomic E-state index is -0.264. The number of methoxy groups -OCH3 is 1. The van der Waals surface area contributed by atoms with E-state index in [0.29, 0.717) is 37.7 Å². The summed E-state index contributed by atoms with van der Waals surface area (Å²) < 4.78 is 10.4. The van der Waals surface area contributed by atoms with Crippen molar-refractivity contribution in [1.82, 2.24) is 15.0 Å². The minimum Gasteiger partial charge on any atom is -0.394 e. The highest BCUT2D eigenvalue weighted by atomic mass is 16.5. The summed E-state index contributed by atoms with van der Waals surface area (Å²) in [7, 11) is 3.33. The van der Waals surface area contributed by atoms with E-state index in [1.54, 1.807) is 14.2 Å². The molecule has 1 aromatic rings. The topological polar surface area (TPSA) is 105 Å². The Hall–Kier alpha value is -1.71. The van der Waals surface area contributed by atoms with E-state index in [-0.39, 0.29) is 12.6 Å². The monoisotopic (exact) mass is 298 g/mol. The summed E-state index contributed by atoms with van der Waals surface area (Å²) in [6.07, 6.45) is 0. The Bertz CT molecular complexity index is 441. The SMILES string of the molecule is CNc1nc(NC(CO)COC)nc(N2CCOCC2)n1. The van der Waals surface area contributed by atoms with Gasteiger partial charge in [-0.15, -0.1) is 0 Å². The van der Waals surface area contributed by atoms with Crippen LogP contribution in [-0.4, -0.2) is 79.8 Å². The quantitative estimate of drug-likeness (QED) is 0.594. The van der Waals surface area contributed by atoms with Gasteiger partial charge in [-0.2, -0.15) is 15.0 Å². The van der Waals surface area contributed by atoms with Crippen LogP contribution in [0.25, 0.3) is 0 Å². The number of hydrogen-bond acceptors (Lipinski definition) is 9. The molecule has 0 bridgehead atoms. The molecule has 2 rings (SSSR count). The molecule has 1 saturated heterocycles. The van der Waals surface area contributed by atoms with Crippen LogP contribution >= 0.6 is 0 Å². The summed E-state index contributed by atoms with van der Waals surface area (Å²) in [6, 6.07) is -0.264. The van der Waals surface area contributed by atoms with Crippen molar-refractivity contribution in [3.63, 3.8) is 0 Å². The number of nitrogens with zero attached hydrogens (tertiary/aromatic N) is 4. The number of aromatic nitrogens is 3. The lowest BCUT2D eigenvalue weighted by molar-refractivity contribution is 0.122. The third kappa shape index (κ3) is 4.38. The summed E-state index contributed by atoms with van der Waals surface area (Å²) in [5.74, 6) is 1.48. The first-order valence-corrected chi connectivity index (χ1v) is 6.89. The van der Waals surface area contributed by atoms with Crippen molar-refractivity contribution in [3.05, 3.63) is 0 Å². The summed E-state index contributed by atoms with van der Waals surface area (Å²) in [5.41, 5.74) is 0. The molecule has 0 amide bonds. The van der Waals surface area contributed by atoms with Crippen molar-refractivity contribution in [2.24, 2.45) is 0 Å². The highest BCUT2D eigenvalue weighted by molar-refractivity contribution is 5.44. The molecule has 1 aromatic heterocycles. The van der Waals surface area contributed by atoms with E-state index in [9.17, 15) is 5.11 Å². The Balaban J connectivity index is 2.16. The molecule has 2 heterocycles. The first-order chi connectivity index (χ1) is 10.3. The Morgan fingerprint density at radius 1 is 1.29 bits per heavy atom. The van der Waals surface area contributed by atoms with Crippen molar-refractivity contribution in [2.45, 2.75) is 6.04 Å². The van der Waals surface area contributed by atoms with E-state index in [2.05, 4.69) is 25.6 Å². The number of aliphatic hydroxyl groups is 1. The lowest BCUT2D eigenvalue weighted by Gasteiger charge is -2.27. The van der Waals surface area contributed by atoms with E-state index in [1.807, 2.05) is 4.90 Å². The highest BCUT2D eigenvalue weighted by Crippen LogP contribution is 2.15. The molecule has 0 saturated carbocycles. The average molecular weight is 298 g/mol. The largest absolute Gasteiger partial charge is 0.394 e. The summed E-state index contributed by atoms with van der Waals surface area (Å²) in [5, 5.41) is 15.3. The van der Waals surface area contributed by atoms with Crippen LogP contribution in [-0.2, 0) is 9.47 Å². The van der Waals surface area contributed by atoms with Crippen molar-refractivity contribution in [1.29, 1.82) is 0 Å². The molecule has 1 aliphatic rings. The number of aliphatic hydroxyl groups excluding tert-OH is 1. The molecule has 1 atom stereocenters. The lowest BCUT2D eigenvalue weighted by atomic mass is 10.3. The molecule has 0 spiro atoms. The third-order valence-corrected chi connectivity index (χ3v) is 3.06. The number of anilines is 3. The molecule has 9 nitrogen and oxygen atoms in total. The van der Waals surface area contributed by atoms with E-state index in [4.69, 9.17) is 9.47 Å². The van der Waals surface area contributed by atoms with E-state index < -0.39 is 0 Å². The normalized spacial score (nSPS) is 16.6. The van der Waals surface area contributed by atoms with Gasteiger partial charge in [-0.25, -0.2) is 0 Å². The van der Waals surface area contributed by atoms with Crippen LogP contribution in [0.1, 0.15) is 0 Å². The van der Waals surface area contributed by atoms with Gasteiger partial charge in [-0.1, -0.05) is 0 Å². The van der Waals surface area contributed by atoms with Gasteiger partial charge in [0.15, 0.2) is 0 Å². The highest BCUT2D eigenvalue weighted by Gasteiger charge is 2.17. The molecule has 0 aromatic carbocycles. The molecule has 1 fully saturated rings. The van der Waals surface area contributed by atoms with Gasteiger partial charge < -0.3 is 30.1 Å². The summed E-state index contributed by atoms with van der Waals surface area (Å²) in [6.45, 7) is 3.10. The summed E-state index contributed by atoms with van der Waals surface area (Å²) >= 11 is 0. The molecule has 0 aliphatic carbocycles. The number of hydrogen-bond donors (Lipinski definition) is 3. The van der Waals surface area contributed by atoms with Crippen LogP contribution in [0, 0.1) is 0 Å². The van der Waals surface area contributed by atoms with Crippen LogP contribution in [0.5, 0.6) is 0 Å². The van der Waals surface area contributed by atoms with Crippen molar-refractivity contribution in [2.75, 3.05) is 69.2 Å². The van der Waals surface area contributed by atoms with Gasteiger partial charge in [-0.05, 0) is 0 Å². The Labute approximate surface area is 123 Å². The standard InChI is InChI=1S/C12H22N6O3/c1-13-10-15-11(14-9(7-19)8-20-2)17-12(16-10)18-3-5-21-6-4-18/h9,19H,3-8H2,1-2H3,(H2,13,14,15,16,17). The van der Waals surface area contributed by atoms with Crippen molar-refractivity contribution < 1.29 is 14.6 Å². The Morgan fingerprint density at radius 2 is 2.00 bits per heavy atom.